The van der Waals surface area contributed by atoms with Crippen molar-refractivity contribution in [1.82, 2.24) is 4.98 Å². The number of rotatable bonds is 3. The van der Waals surface area contributed by atoms with E-state index in [-0.39, 0.29) is 11.2 Å². The fourth-order valence-electron chi connectivity index (χ4n) is 1.89. The normalized spacial score (nSPS) is 10.7. The van der Waals surface area contributed by atoms with Crippen molar-refractivity contribution in [2.45, 2.75) is 26.7 Å². The van der Waals surface area contributed by atoms with Crippen LogP contribution >= 0.6 is 0 Å². The lowest BCUT2D eigenvalue weighted by atomic mass is 10.0. The number of aryl methyl sites for hydroxylation is 1. The lowest BCUT2D eigenvalue weighted by Gasteiger charge is -2.03. The molecule has 0 saturated carbocycles. The molecular formula is C14H15NO2. The summed E-state index contributed by atoms with van der Waals surface area (Å²) in [5.74, 6) is 0.188. The molecule has 0 saturated heterocycles. The number of aromatic nitrogens is 1. The Balaban J connectivity index is 2.50. The van der Waals surface area contributed by atoms with Crippen LogP contribution < -0.4 is 5.43 Å². The minimum atomic E-state index is 0.00190. The van der Waals surface area contributed by atoms with Crippen molar-refractivity contribution in [1.29, 1.82) is 0 Å². The van der Waals surface area contributed by atoms with Gasteiger partial charge >= 0.3 is 0 Å². The van der Waals surface area contributed by atoms with Gasteiger partial charge in [0.15, 0.2) is 5.43 Å². The Morgan fingerprint density at radius 3 is 2.76 bits per heavy atom. The van der Waals surface area contributed by atoms with Crippen LogP contribution in [0.1, 0.15) is 24.6 Å². The molecule has 0 unspecified atom stereocenters. The summed E-state index contributed by atoms with van der Waals surface area (Å²) in [4.78, 5) is 26.3. The zero-order chi connectivity index (χ0) is 12.4. The third kappa shape index (κ3) is 2.44. The highest BCUT2D eigenvalue weighted by atomic mass is 16.1. The van der Waals surface area contributed by atoms with Crippen LogP contribution in [0.2, 0.25) is 0 Å². The molecule has 0 atom stereocenters. The number of hydrogen-bond donors (Lipinski definition) is 1. The molecule has 0 amide bonds. The van der Waals surface area contributed by atoms with E-state index in [2.05, 4.69) is 4.98 Å². The largest absolute Gasteiger partial charge is 0.358 e. The summed E-state index contributed by atoms with van der Waals surface area (Å²) in [6, 6.07) is 7.14. The number of hydrogen-bond acceptors (Lipinski definition) is 2. The molecule has 0 aliphatic carbocycles. The van der Waals surface area contributed by atoms with Crippen LogP contribution in [-0.4, -0.2) is 10.8 Å². The number of Topliss-reactive ketones (excluding diaryl/α,β-unsaturated/α-hetero) is 1. The molecule has 0 radical (unpaired) electrons. The Bertz CT molecular complexity index is 626. The summed E-state index contributed by atoms with van der Waals surface area (Å²) in [7, 11) is 0. The molecule has 88 valence electrons. The zero-order valence-electron chi connectivity index (χ0n) is 10.0. The predicted octanol–water partition coefficient (Wildman–Crippen LogP) is 2.36. The van der Waals surface area contributed by atoms with Gasteiger partial charge in [0.2, 0.25) is 0 Å². The van der Waals surface area contributed by atoms with Crippen LogP contribution in [0.3, 0.4) is 0 Å². The minimum absolute atomic E-state index is 0.00190. The van der Waals surface area contributed by atoms with E-state index in [4.69, 9.17) is 0 Å². The molecule has 0 aliphatic rings. The summed E-state index contributed by atoms with van der Waals surface area (Å²) in [6.45, 7) is 3.70. The number of fused-ring (bicyclic) bond motifs is 1. The lowest BCUT2D eigenvalue weighted by Crippen LogP contribution is -2.05. The van der Waals surface area contributed by atoms with Gasteiger partial charge in [-0.2, -0.15) is 0 Å². The maximum atomic E-state index is 11.8. The Labute approximate surface area is 99.5 Å². The molecule has 0 fully saturated rings. The minimum Gasteiger partial charge on any atom is -0.358 e. The van der Waals surface area contributed by atoms with Crippen LogP contribution in [0.25, 0.3) is 10.9 Å². The van der Waals surface area contributed by atoms with Crippen LogP contribution in [0.5, 0.6) is 0 Å². The van der Waals surface area contributed by atoms with E-state index in [0.29, 0.717) is 18.2 Å². The van der Waals surface area contributed by atoms with Crippen LogP contribution in [-0.2, 0) is 11.2 Å². The summed E-state index contributed by atoms with van der Waals surface area (Å²) >= 11 is 0. The van der Waals surface area contributed by atoms with Gasteiger partial charge in [-0.1, -0.05) is 13.0 Å². The Morgan fingerprint density at radius 1 is 1.29 bits per heavy atom. The molecule has 17 heavy (non-hydrogen) atoms. The van der Waals surface area contributed by atoms with Crippen molar-refractivity contribution in [3.8, 4) is 0 Å². The van der Waals surface area contributed by atoms with Gasteiger partial charge < -0.3 is 4.98 Å². The van der Waals surface area contributed by atoms with E-state index in [0.717, 1.165) is 16.8 Å². The van der Waals surface area contributed by atoms with Crippen molar-refractivity contribution < 1.29 is 4.79 Å². The van der Waals surface area contributed by atoms with Gasteiger partial charge in [0.25, 0.3) is 0 Å². The number of pyridine rings is 1. The molecule has 0 bridgehead atoms. The first-order valence-corrected chi connectivity index (χ1v) is 5.74. The fourth-order valence-corrected chi connectivity index (χ4v) is 1.89. The molecule has 1 heterocycles. The highest BCUT2D eigenvalue weighted by Crippen LogP contribution is 2.12. The molecule has 2 aromatic rings. The highest BCUT2D eigenvalue weighted by Gasteiger charge is 2.04. The topological polar surface area (TPSA) is 49.9 Å². The standard InChI is InChI=1S/C14H15NO2/c1-3-11(16)7-10-4-5-13-12(8-10)14(17)6-9(2)15-13/h4-6,8H,3,7H2,1-2H3,(H,15,17). The summed E-state index contributed by atoms with van der Waals surface area (Å²) < 4.78 is 0. The van der Waals surface area contributed by atoms with E-state index in [1.165, 1.54) is 0 Å². The van der Waals surface area contributed by atoms with E-state index < -0.39 is 0 Å². The Hall–Kier alpha value is -1.90. The SMILES string of the molecule is CCC(=O)Cc1ccc2[nH]c(C)cc(=O)c2c1. The van der Waals surface area contributed by atoms with Gasteiger partial charge in [0.05, 0.1) is 0 Å². The van der Waals surface area contributed by atoms with Gasteiger partial charge in [0.1, 0.15) is 5.78 Å². The average Bonchev–Trinajstić information content (AvgIpc) is 2.29. The molecular weight excluding hydrogens is 214 g/mol. The molecule has 1 aromatic heterocycles. The number of H-pyrrole nitrogens is 1. The first-order chi connectivity index (χ1) is 8.10. The van der Waals surface area contributed by atoms with Crippen molar-refractivity contribution in [3.63, 3.8) is 0 Å². The molecule has 1 aromatic carbocycles. The fraction of sp³-hybridized carbons (Fsp3) is 0.286. The molecule has 3 heteroatoms. The number of carbonyl (C=O) groups excluding carboxylic acids is 1. The average molecular weight is 229 g/mol. The van der Waals surface area contributed by atoms with E-state index in [1.807, 2.05) is 26.0 Å². The van der Waals surface area contributed by atoms with E-state index >= 15 is 0 Å². The summed E-state index contributed by atoms with van der Waals surface area (Å²) in [6.07, 6.45) is 0.933. The molecule has 1 N–H and O–H groups in total. The van der Waals surface area contributed by atoms with Gasteiger partial charge in [-0.15, -0.1) is 0 Å². The zero-order valence-corrected chi connectivity index (χ0v) is 10.0. The van der Waals surface area contributed by atoms with E-state index in [9.17, 15) is 9.59 Å². The van der Waals surface area contributed by atoms with Crippen LogP contribution in [0, 0.1) is 6.92 Å². The number of aromatic amines is 1. The second kappa shape index (κ2) is 4.53. The maximum Gasteiger partial charge on any atom is 0.189 e. The van der Waals surface area contributed by atoms with Crippen molar-refractivity contribution >= 4 is 16.7 Å². The highest BCUT2D eigenvalue weighted by molar-refractivity contribution is 5.84. The predicted molar refractivity (Wildman–Crippen MR) is 68.3 cm³/mol. The Morgan fingerprint density at radius 2 is 2.06 bits per heavy atom. The number of ketones is 1. The number of nitrogens with one attached hydrogen (secondary N) is 1. The van der Waals surface area contributed by atoms with Crippen LogP contribution in [0.15, 0.2) is 29.1 Å². The summed E-state index contributed by atoms with van der Waals surface area (Å²) in [5, 5.41) is 0.650. The van der Waals surface area contributed by atoms with Gasteiger partial charge in [-0.25, -0.2) is 0 Å². The van der Waals surface area contributed by atoms with Gasteiger partial charge in [0, 0.05) is 35.5 Å². The third-order valence-corrected chi connectivity index (χ3v) is 2.82. The molecule has 3 nitrogen and oxygen atoms in total. The maximum absolute atomic E-state index is 11.8. The van der Waals surface area contributed by atoms with Crippen molar-refractivity contribution in [3.05, 3.63) is 45.7 Å². The first-order valence-electron chi connectivity index (χ1n) is 5.74. The lowest BCUT2D eigenvalue weighted by molar-refractivity contribution is -0.118. The third-order valence-electron chi connectivity index (χ3n) is 2.82. The first kappa shape index (κ1) is 11.6. The number of benzene rings is 1. The monoisotopic (exact) mass is 229 g/mol. The van der Waals surface area contributed by atoms with Crippen LogP contribution in [0.4, 0.5) is 0 Å². The molecule has 2 rings (SSSR count). The molecule has 0 spiro atoms. The summed E-state index contributed by atoms with van der Waals surface area (Å²) in [5.41, 5.74) is 2.57. The second-order valence-corrected chi connectivity index (χ2v) is 4.27. The van der Waals surface area contributed by atoms with Gasteiger partial charge in [-0.05, 0) is 24.6 Å². The smallest absolute Gasteiger partial charge is 0.189 e. The van der Waals surface area contributed by atoms with E-state index in [1.54, 1.807) is 12.1 Å². The Kier molecular flexibility index (Phi) is 3.09. The van der Waals surface area contributed by atoms with Crippen molar-refractivity contribution in [2.24, 2.45) is 0 Å². The quantitative estimate of drug-likeness (QED) is 0.878. The second-order valence-electron chi connectivity index (χ2n) is 4.27. The molecule has 0 aliphatic heterocycles. The van der Waals surface area contributed by atoms with Gasteiger partial charge in [-0.3, -0.25) is 9.59 Å². The number of carbonyl (C=O) groups is 1. The van der Waals surface area contributed by atoms with Crippen molar-refractivity contribution in [2.75, 3.05) is 0 Å².